The first-order valence-electron chi connectivity index (χ1n) is 13.9. The van der Waals surface area contributed by atoms with E-state index in [1.54, 1.807) is 32.9 Å². The Morgan fingerprint density at radius 3 is 2.40 bits per heavy atom. The van der Waals surface area contributed by atoms with Crippen molar-refractivity contribution in [3.63, 3.8) is 0 Å². The topological polar surface area (TPSA) is 121 Å². The summed E-state index contributed by atoms with van der Waals surface area (Å²) in [4.78, 5) is 17.2. The Kier molecular flexibility index (Phi) is 9.75. The van der Waals surface area contributed by atoms with E-state index >= 15 is 0 Å². The highest BCUT2D eigenvalue weighted by atomic mass is 32.2. The summed E-state index contributed by atoms with van der Waals surface area (Å²) in [6, 6.07) is 6.92. The highest BCUT2D eigenvalue weighted by molar-refractivity contribution is 7.89. The largest absolute Gasteiger partial charge is 0.444 e. The van der Waals surface area contributed by atoms with Crippen molar-refractivity contribution in [2.24, 2.45) is 5.92 Å². The number of nitrogens with one attached hydrogen (secondary N) is 2. The van der Waals surface area contributed by atoms with Crippen molar-refractivity contribution in [3.05, 3.63) is 53.6 Å². The Balaban J connectivity index is 1.60. The lowest BCUT2D eigenvalue weighted by atomic mass is 10.0. The van der Waals surface area contributed by atoms with Crippen LogP contribution in [0.1, 0.15) is 53.0 Å². The van der Waals surface area contributed by atoms with Crippen molar-refractivity contribution in [2.45, 2.75) is 82.6 Å². The number of ether oxygens (including phenoxy) is 1. The number of halogens is 2. The van der Waals surface area contributed by atoms with Gasteiger partial charge in [0, 0.05) is 25.2 Å². The molecule has 1 aliphatic rings. The van der Waals surface area contributed by atoms with Gasteiger partial charge in [-0.2, -0.15) is 4.31 Å². The molecule has 2 atom stereocenters. The van der Waals surface area contributed by atoms with Gasteiger partial charge in [-0.05, 0) is 81.8 Å². The summed E-state index contributed by atoms with van der Waals surface area (Å²) >= 11 is 1.38. The molecule has 42 heavy (non-hydrogen) atoms. The van der Waals surface area contributed by atoms with Gasteiger partial charge in [0.1, 0.15) is 17.2 Å². The van der Waals surface area contributed by atoms with Crippen molar-refractivity contribution in [2.75, 3.05) is 18.4 Å². The first-order chi connectivity index (χ1) is 19.6. The zero-order chi connectivity index (χ0) is 30.8. The zero-order valence-corrected chi connectivity index (χ0v) is 26.0. The molecule has 9 nitrogen and oxygen atoms in total. The van der Waals surface area contributed by atoms with Gasteiger partial charge in [-0.25, -0.2) is 27.0 Å². The molecule has 0 radical (unpaired) electrons. The van der Waals surface area contributed by atoms with Crippen LogP contribution in [-0.2, 0) is 21.2 Å². The summed E-state index contributed by atoms with van der Waals surface area (Å²) in [6.45, 7) is 8.41. The number of aliphatic hydroxyl groups is 1. The van der Waals surface area contributed by atoms with Gasteiger partial charge in [0.25, 0.3) is 0 Å². The monoisotopic (exact) mass is 624 g/mol. The van der Waals surface area contributed by atoms with Crippen molar-refractivity contribution < 1.29 is 31.8 Å². The molecule has 0 aliphatic heterocycles. The van der Waals surface area contributed by atoms with Crippen LogP contribution in [0.5, 0.6) is 0 Å². The Bertz CT molecular complexity index is 1500. The maximum Gasteiger partial charge on any atom is 0.407 e. The zero-order valence-electron chi connectivity index (χ0n) is 24.4. The van der Waals surface area contributed by atoms with E-state index in [2.05, 4.69) is 15.6 Å². The SMILES string of the molecule is CC(C)CN(C[C@@H](O)C(Cc1cc(F)cc(F)c1)NC(=O)OC(C)(C)C)S(=O)(=O)c1ccc2nc(NC3CC3)sc2c1. The van der Waals surface area contributed by atoms with E-state index < -0.39 is 45.5 Å². The molecular weight excluding hydrogens is 586 g/mol. The maximum atomic E-state index is 13.9. The van der Waals surface area contributed by atoms with Crippen LogP contribution >= 0.6 is 11.3 Å². The van der Waals surface area contributed by atoms with E-state index in [-0.39, 0.29) is 35.9 Å². The van der Waals surface area contributed by atoms with Gasteiger partial charge in [0.05, 0.1) is 27.3 Å². The van der Waals surface area contributed by atoms with Crippen molar-refractivity contribution >= 4 is 42.8 Å². The molecule has 2 aromatic carbocycles. The van der Waals surface area contributed by atoms with E-state index in [9.17, 15) is 27.1 Å². The second kappa shape index (κ2) is 12.8. The molecular formula is C29H38F2N4O5S2. The number of sulfonamides is 1. The fourth-order valence-electron chi connectivity index (χ4n) is 4.42. The minimum absolute atomic E-state index is 0.0494. The summed E-state index contributed by atoms with van der Waals surface area (Å²) in [5, 5.41) is 18.0. The summed E-state index contributed by atoms with van der Waals surface area (Å²) in [5.74, 6) is -1.72. The molecule has 230 valence electrons. The second-order valence-electron chi connectivity index (χ2n) is 12.1. The molecule has 0 bridgehead atoms. The number of rotatable bonds is 12. The predicted octanol–water partition coefficient (Wildman–Crippen LogP) is 5.29. The molecule has 1 heterocycles. The average molecular weight is 625 g/mol. The molecule has 1 saturated carbocycles. The van der Waals surface area contributed by atoms with Gasteiger partial charge in [-0.3, -0.25) is 0 Å². The summed E-state index contributed by atoms with van der Waals surface area (Å²) in [7, 11) is -4.09. The van der Waals surface area contributed by atoms with Gasteiger partial charge in [0.15, 0.2) is 5.13 Å². The van der Waals surface area contributed by atoms with Crippen LogP contribution in [0, 0.1) is 17.6 Å². The number of benzene rings is 2. The maximum absolute atomic E-state index is 13.9. The highest BCUT2D eigenvalue weighted by Gasteiger charge is 2.33. The number of carbonyl (C=O) groups excluding carboxylic acids is 1. The quantitative estimate of drug-likeness (QED) is 0.250. The number of aromatic nitrogens is 1. The molecule has 1 amide bonds. The summed E-state index contributed by atoms with van der Waals surface area (Å²) in [6.07, 6.45) is -0.305. The smallest absolute Gasteiger partial charge is 0.407 e. The third kappa shape index (κ3) is 8.82. The summed E-state index contributed by atoms with van der Waals surface area (Å²) in [5.41, 5.74) is 0.0135. The van der Waals surface area contributed by atoms with Crippen LogP contribution in [0.4, 0.5) is 18.7 Å². The van der Waals surface area contributed by atoms with E-state index in [0.29, 0.717) is 16.3 Å². The third-order valence-electron chi connectivity index (χ3n) is 6.41. The molecule has 13 heteroatoms. The number of carbonyl (C=O) groups is 1. The standard InChI is InChI=1S/C29H38F2N4O5S2/c1-17(2)15-35(42(38,39)22-8-9-23-26(14-22)41-27(33-23)32-21-6-7-21)16-25(36)24(34-28(37)40-29(3,4)5)12-18-10-19(30)13-20(31)11-18/h8-11,13-14,17,21,24-25,36H,6-7,12,15-16H2,1-5H3,(H,32,33)(H,34,37)/t24?,25-/m1/s1. The molecule has 1 aromatic heterocycles. The Hall–Kier alpha value is -2.87. The molecule has 1 fully saturated rings. The number of hydrogen-bond acceptors (Lipinski definition) is 8. The molecule has 0 spiro atoms. The Labute approximate surface area is 249 Å². The number of amides is 1. The minimum Gasteiger partial charge on any atom is -0.444 e. The number of thiazole rings is 1. The van der Waals surface area contributed by atoms with Crippen LogP contribution in [0.2, 0.25) is 0 Å². The van der Waals surface area contributed by atoms with Crippen molar-refractivity contribution in [1.29, 1.82) is 0 Å². The summed E-state index contributed by atoms with van der Waals surface area (Å²) < 4.78 is 62.9. The van der Waals surface area contributed by atoms with Crippen LogP contribution in [0.3, 0.4) is 0 Å². The van der Waals surface area contributed by atoms with Crippen LogP contribution in [0.15, 0.2) is 41.3 Å². The highest BCUT2D eigenvalue weighted by Crippen LogP contribution is 2.33. The fourth-order valence-corrected chi connectivity index (χ4v) is 7.12. The average Bonchev–Trinajstić information content (AvgIpc) is 3.56. The van der Waals surface area contributed by atoms with Gasteiger partial charge < -0.3 is 20.5 Å². The van der Waals surface area contributed by atoms with Gasteiger partial charge in [-0.1, -0.05) is 25.2 Å². The number of anilines is 1. The number of nitrogens with zero attached hydrogens (tertiary/aromatic N) is 2. The van der Waals surface area contributed by atoms with E-state index in [4.69, 9.17) is 4.74 Å². The molecule has 1 unspecified atom stereocenters. The normalized spacial score (nSPS) is 15.7. The lowest BCUT2D eigenvalue weighted by Crippen LogP contribution is -2.52. The lowest BCUT2D eigenvalue weighted by molar-refractivity contribution is 0.0400. The Morgan fingerprint density at radius 2 is 1.81 bits per heavy atom. The molecule has 0 saturated heterocycles. The number of hydrogen-bond donors (Lipinski definition) is 3. The van der Waals surface area contributed by atoms with Gasteiger partial charge >= 0.3 is 6.09 Å². The molecule has 4 rings (SSSR count). The Morgan fingerprint density at radius 1 is 1.14 bits per heavy atom. The minimum atomic E-state index is -4.09. The first-order valence-corrected chi connectivity index (χ1v) is 16.1. The van der Waals surface area contributed by atoms with Crippen LogP contribution in [0.25, 0.3) is 10.2 Å². The van der Waals surface area contributed by atoms with Crippen molar-refractivity contribution in [3.8, 4) is 0 Å². The second-order valence-corrected chi connectivity index (χ2v) is 15.1. The first kappa shape index (κ1) is 32.1. The number of alkyl carbamates (subject to hydrolysis) is 1. The molecule has 3 aromatic rings. The van der Waals surface area contributed by atoms with Crippen molar-refractivity contribution in [1.82, 2.24) is 14.6 Å². The van der Waals surface area contributed by atoms with Gasteiger partial charge in [0.2, 0.25) is 10.0 Å². The van der Waals surface area contributed by atoms with Crippen LogP contribution in [-0.4, -0.2) is 65.8 Å². The number of fused-ring (bicyclic) bond motifs is 1. The van der Waals surface area contributed by atoms with E-state index in [1.807, 2.05) is 13.8 Å². The predicted molar refractivity (Wildman–Crippen MR) is 159 cm³/mol. The molecule has 3 N–H and O–H groups in total. The van der Waals surface area contributed by atoms with Gasteiger partial charge in [-0.15, -0.1) is 0 Å². The van der Waals surface area contributed by atoms with E-state index in [0.717, 1.165) is 36.2 Å². The van der Waals surface area contributed by atoms with E-state index in [1.165, 1.54) is 21.7 Å². The third-order valence-corrected chi connectivity index (χ3v) is 9.18. The lowest BCUT2D eigenvalue weighted by Gasteiger charge is -2.31. The van der Waals surface area contributed by atoms with Crippen LogP contribution < -0.4 is 10.6 Å². The number of aliphatic hydroxyl groups excluding tert-OH is 1. The molecule has 1 aliphatic carbocycles. The fraction of sp³-hybridized carbons (Fsp3) is 0.517.